The third-order valence-corrected chi connectivity index (χ3v) is 2.49. The lowest BCUT2D eigenvalue weighted by molar-refractivity contribution is 0.849. The number of hydrogen-bond acceptors (Lipinski definition) is 1. The Morgan fingerprint density at radius 1 is 1.38 bits per heavy atom. The number of allylic oxidation sites excluding steroid dienone is 2. The van der Waals surface area contributed by atoms with E-state index in [1.54, 1.807) is 0 Å². The molecule has 0 unspecified atom stereocenters. The van der Waals surface area contributed by atoms with Gasteiger partial charge in [0.25, 0.3) is 0 Å². The van der Waals surface area contributed by atoms with Crippen LogP contribution in [0.4, 0.5) is 0 Å². The minimum Gasteiger partial charge on any atom is -0.331 e. The molecule has 0 N–H and O–H groups in total. The Morgan fingerprint density at radius 2 is 2.15 bits per heavy atom. The fourth-order valence-corrected chi connectivity index (χ4v) is 1.60. The molecule has 2 nitrogen and oxygen atoms in total. The average Bonchev–Trinajstić information content (AvgIpc) is 2.28. The zero-order valence-electron chi connectivity index (χ0n) is 8.33. The van der Waals surface area contributed by atoms with Crippen molar-refractivity contribution >= 4 is 12.2 Å². The molecule has 0 aromatic carbocycles. The highest BCUT2D eigenvalue weighted by Gasteiger charge is 2.09. The Kier molecular flexibility index (Phi) is 1.83. The van der Waals surface area contributed by atoms with Gasteiger partial charge >= 0.3 is 0 Å². The maximum absolute atomic E-state index is 4.50. The predicted octanol–water partition coefficient (Wildman–Crippen LogP) is 2.55. The number of imidazole rings is 1. The molecular formula is C11H14N2. The zero-order valence-corrected chi connectivity index (χ0v) is 8.33. The van der Waals surface area contributed by atoms with E-state index in [1.165, 1.54) is 11.3 Å². The second kappa shape index (κ2) is 2.87. The van der Waals surface area contributed by atoms with Crippen LogP contribution in [0.5, 0.6) is 0 Å². The molecule has 0 amide bonds. The first-order valence-corrected chi connectivity index (χ1v) is 4.55. The van der Waals surface area contributed by atoms with Crippen LogP contribution in [0.15, 0.2) is 11.6 Å². The van der Waals surface area contributed by atoms with Crippen LogP contribution >= 0.6 is 0 Å². The minimum absolute atomic E-state index is 1.04. The molecule has 0 aliphatic heterocycles. The summed E-state index contributed by atoms with van der Waals surface area (Å²) in [7, 11) is 2.06. The van der Waals surface area contributed by atoms with Crippen molar-refractivity contribution in [2.75, 3.05) is 0 Å². The van der Waals surface area contributed by atoms with Crippen molar-refractivity contribution in [3.05, 3.63) is 28.9 Å². The van der Waals surface area contributed by atoms with Gasteiger partial charge in [0.05, 0.1) is 11.4 Å². The SMILES string of the molecule is CC1=Cc2nc(C)n(C)c2C=CC1. The van der Waals surface area contributed by atoms with Gasteiger partial charge in [-0.2, -0.15) is 0 Å². The fourth-order valence-electron chi connectivity index (χ4n) is 1.60. The molecule has 1 aliphatic rings. The molecule has 1 aliphatic carbocycles. The molecule has 1 aromatic heterocycles. The smallest absolute Gasteiger partial charge is 0.106 e. The van der Waals surface area contributed by atoms with E-state index in [0.717, 1.165) is 17.9 Å². The summed E-state index contributed by atoms with van der Waals surface area (Å²) < 4.78 is 2.13. The summed E-state index contributed by atoms with van der Waals surface area (Å²) >= 11 is 0. The van der Waals surface area contributed by atoms with E-state index in [0.29, 0.717) is 0 Å². The van der Waals surface area contributed by atoms with E-state index in [-0.39, 0.29) is 0 Å². The summed E-state index contributed by atoms with van der Waals surface area (Å²) in [5, 5.41) is 0. The zero-order chi connectivity index (χ0) is 9.42. The normalized spacial score (nSPS) is 15.2. The lowest BCUT2D eigenvalue weighted by Crippen LogP contribution is -1.93. The second-order valence-electron chi connectivity index (χ2n) is 3.59. The van der Waals surface area contributed by atoms with Crippen LogP contribution in [0.1, 0.15) is 30.6 Å². The van der Waals surface area contributed by atoms with Gasteiger partial charge in [0.2, 0.25) is 0 Å². The Balaban J connectivity index is 2.64. The summed E-state index contributed by atoms with van der Waals surface area (Å²) in [6.07, 6.45) is 7.55. The summed E-state index contributed by atoms with van der Waals surface area (Å²) in [6, 6.07) is 0. The summed E-state index contributed by atoms with van der Waals surface area (Å²) in [5.41, 5.74) is 3.69. The maximum atomic E-state index is 4.50. The molecule has 2 heteroatoms. The van der Waals surface area contributed by atoms with Gasteiger partial charge in [0.1, 0.15) is 5.82 Å². The standard InChI is InChI=1S/C11H14N2/c1-8-5-4-6-11-10(7-8)12-9(2)13(11)3/h4,6-7H,5H2,1-3H3. The van der Waals surface area contributed by atoms with Crippen molar-refractivity contribution in [1.82, 2.24) is 9.55 Å². The molecular weight excluding hydrogens is 160 g/mol. The summed E-state index contributed by atoms with van der Waals surface area (Å²) in [5.74, 6) is 1.07. The van der Waals surface area contributed by atoms with Crippen molar-refractivity contribution in [2.24, 2.45) is 7.05 Å². The Morgan fingerprint density at radius 3 is 2.92 bits per heavy atom. The van der Waals surface area contributed by atoms with Crippen LogP contribution in [0.25, 0.3) is 12.2 Å². The van der Waals surface area contributed by atoms with Crippen molar-refractivity contribution in [1.29, 1.82) is 0 Å². The van der Waals surface area contributed by atoms with Gasteiger partial charge in [-0.1, -0.05) is 11.6 Å². The van der Waals surface area contributed by atoms with Gasteiger partial charge < -0.3 is 4.57 Å². The van der Waals surface area contributed by atoms with E-state index < -0.39 is 0 Å². The highest BCUT2D eigenvalue weighted by atomic mass is 15.1. The molecule has 13 heavy (non-hydrogen) atoms. The molecule has 68 valence electrons. The molecule has 0 atom stereocenters. The first-order chi connectivity index (χ1) is 6.18. The third kappa shape index (κ3) is 1.32. The number of nitrogens with zero attached hydrogens (tertiary/aromatic N) is 2. The largest absolute Gasteiger partial charge is 0.331 e. The Labute approximate surface area is 78.6 Å². The minimum atomic E-state index is 1.04. The van der Waals surface area contributed by atoms with Crippen LogP contribution < -0.4 is 0 Å². The monoisotopic (exact) mass is 174 g/mol. The van der Waals surface area contributed by atoms with Gasteiger partial charge in [-0.15, -0.1) is 0 Å². The quantitative estimate of drug-likeness (QED) is 0.591. The number of aryl methyl sites for hydroxylation is 1. The van der Waals surface area contributed by atoms with Crippen molar-refractivity contribution < 1.29 is 0 Å². The maximum Gasteiger partial charge on any atom is 0.106 e. The molecule has 1 heterocycles. The molecule has 0 bridgehead atoms. The predicted molar refractivity (Wildman–Crippen MR) is 55.2 cm³/mol. The van der Waals surface area contributed by atoms with E-state index in [1.807, 2.05) is 6.92 Å². The fraction of sp³-hybridized carbons (Fsp3) is 0.364. The van der Waals surface area contributed by atoms with Crippen LogP contribution in [0.3, 0.4) is 0 Å². The number of fused-ring (bicyclic) bond motifs is 1. The average molecular weight is 174 g/mol. The van der Waals surface area contributed by atoms with E-state index in [2.05, 4.69) is 41.8 Å². The Hall–Kier alpha value is -1.31. The van der Waals surface area contributed by atoms with E-state index in [9.17, 15) is 0 Å². The van der Waals surface area contributed by atoms with Crippen LogP contribution in [-0.4, -0.2) is 9.55 Å². The van der Waals surface area contributed by atoms with Crippen molar-refractivity contribution in [3.8, 4) is 0 Å². The molecule has 1 aromatic rings. The molecule has 2 rings (SSSR count). The van der Waals surface area contributed by atoms with Crippen LogP contribution in [-0.2, 0) is 7.05 Å². The highest BCUT2D eigenvalue weighted by molar-refractivity contribution is 5.64. The lowest BCUT2D eigenvalue weighted by Gasteiger charge is -1.96. The number of hydrogen-bond donors (Lipinski definition) is 0. The third-order valence-electron chi connectivity index (χ3n) is 2.49. The van der Waals surface area contributed by atoms with Crippen LogP contribution in [0.2, 0.25) is 0 Å². The van der Waals surface area contributed by atoms with Gasteiger partial charge in [-0.05, 0) is 32.4 Å². The first-order valence-electron chi connectivity index (χ1n) is 4.55. The van der Waals surface area contributed by atoms with Gasteiger partial charge in [0.15, 0.2) is 0 Å². The van der Waals surface area contributed by atoms with Gasteiger partial charge in [0, 0.05) is 7.05 Å². The number of aromatic nitrogens is 2. The van der Waals surface area contributed by atoms with Gasteiger partial charge in [-0.3, -0.25) is 0 Å². The summed E-state index contributed by atoms with van der Waals surface area (Å²) in [4.78, 5) is 4.50. The Bertz CT molecular complexity index is 394. The molecule has 0 spiro atoms. The molecule has 0 saturated carbocycles. The topological polar surface area (TPSA) is 17.8 Å². The van der Waals surface area contributed by atoms with Crippen molar-refractivity contribution in [3.63, 3.8) is 0 Å². The molecule has 0 fully saturated rings. The summed E-state index contributed by atoms with van der Waals surface area (Å²) in [6.45, 7) is 4.18. The first kappa shape index (κ1) is 8.30. The molecule has 0 saturated heterocycles. The number of rotatable bonds is 0. The second-order valence-corrected chi connectivity index (χ2v) is 3.59. The van der Waals surface area contributed by atoms with Crippen LogP contribution in [0, 0.1) is 6.92 Å². The molecule has 0 radical (unpaired) electrons. The van der Waals surface area contributed by atoms with E-state index in [4.69, 9.17) is 0 Å². The lowest BCUT2D eigenvalue weighted by atomic mass is 10.2. The van der Waals surface area contributed by atoms with Crippen molar-refractivity contribution in [2.45, 2.75) is 20.3 Å². The van der Waals surface area contributed by atoms with E-state index >= 15 is 0 Å². The van der Waals surface area contributed by atoms with Gasteiger partial charge in [-0.25, -0.2) is 4.98 Å². The highest BCUT2D eigenvalue weighted by Crippen LogP contribution is 2.20.